The summed E-state index contributed by atoms with van der Waals surface area (Å²) in [5, 5.41) is 1.24. The Morgan fingerprint density at radius 2 is 1.83 bits per heavy atom. The van der Waals surface area contributed by atoms with Gasteiger partial charge in [-0.05, 0) is 23.3 Å². The zero-order chi connectivity index (χ0) is 12.5. The number of benzene rings is 1. The van der Waals surface area contributed by atoms with Gasteiger partial charge in [0.25, 0.3) is 0 Å². The van der Waals surface area contributed by atoms with Crippen molar-refractivity contribution in [1.29, 1.82) is 0 Å². The van der Waals surface area contributed by atoms with Crippen molar-refractivity contribution in [3.8, 4) is 11.1 Å². The molecule has 3 aromatic rings. The minimum atomic E-state index is -0.184. The zero-order valence-corrected chi connectivity index (χ0v) is 10.1. The molecule has 3 nitrogen and oxygen atoms in total. The first kappa shape index (κ1) is 11.0. The molecule has 0 unspecified atom stereocenters. The van der Waals surface area contributed by atoms with Crippen molar-refractivity contribution in [3.63, 3.8) is 0 Å². The van der Waals surface area contributed by atoms with Crippen molar-refractivity contribution in [2.24, 2.45) is 0 Å². The number of nitrogens with zero attached hydrogens (tertiary/aromatic N) is 1. The average molecular weight is 257 g/mol. The number of hydrogen-bond acceptors (Lipinski definition) is 2. The second-order valence-corrected chi connectivity index (χ2v) is 4.33. The first-order valence-corrected chi connectivity index (χ1v) is 5.87. The Balaban J connectivity index is 2.39. The highest BCUT2D eigenvalue weighted by Crippen LogP contribution is 2.28. The second-order valence-electron chi connectivity index (χ2n) is 3.94. The molecule has 0 spiro atoms. The maximum Gasteiger partial charge on any atom is 0.249 e. The predicted molar refractivity (Wildman–Crippen MR) is 72.8 cm³/mol. The molecule has 0 aliphatic heterocycles. The van der Waals surface area contributed by atoms with Crippen LogP contribution in [0.1, 0.15) is 0 Å². The third-order valence-electron chi connectivity index (χ3n) is 2.76. The molecular formula is C14H9ClN2O. The molecule has 0 saturated carbocycles. The Hall–Kier alpha value is -2.13. The Morgan fingerprint density at radius 3 is 2.61 bits per heavy atom. The first-order valence-electron chi connectivity index (χ1n) is 5.49. The number of rotatable bonds is 1. The topological polar surface area (TPSA) is 45.8 Å². The number of nitrogens with one attached hydrogen (secondary N) is 1. The summed E-state index contributed by atoms with van der Waals surface area (Å²) in [5.41, 5.74) is 2.32. The number of aromatic nitrogens is 2. The molecule has 0 bridgehead atoms. The molecule has 1 N–H and O–H groups in total. The molecule has 88 valence electrons. The lowest BCUT2D eigenvalue weighted by Gasteiger charge is -2.06. The first-order chi connectivity index (χ1) is 8.74. The van der Waals surface area contributed by atoms with Gasteiger partial charge in [0, 0.05) is 11.5 Å². The van der Waals surface area contributed by atoms with Crippen molar-refractivity contribution >= 4 is 22.6 Å². The summed E-state index contributed by atoms with van der Waals surface area (Å²) in [6.07, 6.45) is 0. The van der Waals surface area contributed by atoms with Crippen molar-refractivity contribution in [2.75, 3.05) is 0 Å². The van der Waals surface area contributed by atoms with Crippen LogP contribution in [0.15, 0.2) is 53.3 Å². The molecule has 1 aromatic carbocycles. The third kappa shape index (κ3) is 1.89. The maximum absolute atomic E-state index is 11.3. The molecule has 0 aliphatic carbocycles. The Morgan fingerprint density at radius 1 is 1.06 bits per heavy atom. The van der Waals surface area contributed by atoms with E-state index in [0.29, 0.717) is 10.8 Å². The lowest BCUT2D eigenvalue weighted by Crippen LogP contribution is -2.04. The van der Waals surface area contributed by atoms with Crippen LogP contribution in [-0.2, 0) is 0 Å². The molecule has 0 aliphatic rings. The van der Waals surface area contributed by atoms with E-state index in [1.165, 1.54) is 6.07 Å². The van der Waals surface area contributed by atoms with Crippen LogP contribution >= 0.6 is 11.6 Å². The van der Waals surface area contributed by atoms with Gasteiger partial charge in [0.05, 0.1) is 0 Å². The summed E-state index contributed by atoms with van der Waals surface area (Å²) in [6, 6.07) is 14.9. The Kier molecular flexibility index (Phi) is 2.61. The van der Waals surface area contributed by atoms with Crippen LogP contribution in [-0.4, -0.2) is 9.97 Å². The van der Waals surface area contributed by atoms with E-state index in [9.17, 15) is 4.79 Å². The highest BCUT2D eigenvalue weighted by Gasteiger charge is 2.07. The molecule has 4 heteroatoms. The summed E-state index contributed by atoms with van der Waals surface area (Å²) in [5.74, 6) is 0. The van der Waals surface area contributed by atoms with Crippen LogP contribution in [0, 0.1) is 0 Å². The van der Waals surface area contributed by atoms with E-state index in [4.69, 9.17) is 11.6 Å². The molecule has 0 atom stereocenters. The van der Waals surface area contributed by atoms with Gasteiger partial charge in [0.1, 0.15) is 10.8 Å². The summed E-state index contributed by atoms with van der Waals surface area (Å²) < 4.78 is 0. The van der Waals surface area contributed by atoms with Gasteiger partial charge in [-0.3, -0.25) is 4.79 Å². The van der Waals surface area contributed by atoms with Gasteiger partial charge in [-0.25, -0.2) is 4.98 Å². The van der Waals surface area contributed by atoms with E-state index < -0.39 is 0 Å². The van der Waals surface area contributed by atoms with E-state index in [-0.39, 0.29) is 5.56 Å². The quantitative estimate of drug-likeness (QED) is 0.680. The van der Waals surface area contributed by atoms with Crippen molar-refractivity contribution in [1.82, 2.24) is 9.97 Å². The van der Waals surface area contributed by atoms with Gasteiger partial charge < -0.3 is 4.98 Å². The fraction of sp³-hybridized carbons (Fsp3) is 0. The second kappa shape index (κ2) is 4.27. The zero-order valence-electron chi connectivity index (χ0n) is 9.35. The highest BCUT2D eigenvalue weighted by atomic mass is 35.5. The number of halogens is 1. The van der Waals surface area contributed by atoms with Crippen LogP contribution in [0.3, 0.4) is 0 Å². The fourth-order valence-electron chi connectivity index (χ4n) is 1.96. The summed E-state index contributed by atoms with van der Waals surface area (Å²) in [4.78, 5) is 18.1. The van der Waals surface area contributed by atoms with Gasteiger partial charge in [0.2, 0.25) is 5.56 Å². The molecule has 0 saturated heterocycles. The fourth-order valence-corrected chi connectivity index (χ4v) is 2.16. The highest BCUT2D eigenvalue weighted by molar-refractivity contribution is 6.30. The van der Waals surface area contributed by atoms with Crippen molar-refractivity contribution < 1.29 is 0 Å². The minimum Gasteiger partial charge on any atom is -0.307 e. The summed E-state index contributed by atoms with van der Waals surface area (Å²) in [7, 11) is 0. The summed E-state index contributed by atoms with van der Waals surface area (Å²) in [6.45, 7) is 0. The summed E-state index contributed by atoms with van der Waals surface area (Å²) >= 11 is 5.99. The number of fused-ring (bicyclic) bond motifs is 1. The molecular weight excluding hydrogens is 248 g/mol. The largest absolute Gasteiger partial charge is 0.307 e. The van der Waals surface area contributed by atoms with Gasteiger partial charge >= 0.3 is 0 Å². The Bertz CT molecular complexity index is 766. The predicted octanol–water partition coefficient (Wildman–Crippen LogP) is 3.24. The van der Waals surface area contributed by atoms with E-state index in [1.807, 2.05) is 30.3 Å². The van der Waals surface area contributed by atoms with E-state index in [1.54, 1.807) is 12.1 Å². The smallest absolute Gasteiger partial charge is 0.249 e. The lowest BCUT2D eigenvalue weighted by atomic mass is 10.0. The monoisotopic (exact) mass is 256 g/mol. The van der Waals surface area contributed by atoms with E-state index in [2.05, 4.69) is 9.97 Å². The molecule has 2 heterocycles. The molecule has 2 aromatic heterocycles. The maximum atomic E-state index is 11.3. The van der Waals surface area contributed by atoms with E-state index >= 15 is 0 Å². The number of aromatic amines is 1. The van der Waals surface area contributed by atoms with Gasteiger partial charge in [-0.1, -0.05) is 41.9 Å². The Labute approximate surface area is 108 Å². The van der Waals surface area contributed by atoms with Gasteiger partial charge in [-0.2, -0.15) is 0 Å². The van der Waals surface area contributed by atoms with Gasteiger partial charge in [0.15, 0.2) is 0 Å². The van der Waals surface area contributed by atoms with Gasteiger partial charge in [-0.15, -0.1) is 0 Å². The lowest BCUT2D eigenvalue weighted by molar-refractivity contribution is 1.23. The van der Waals surface area contributed by atoms with Crippen LogP contribution in [0.2, 0.25) is 5.15 Å². The molecule has 0 amide bonds. The molecule has 0 radical (unpaired) electrons. The van der Waals surface area contributed by atoms with Crippen molar-refractivity contribution in [2.45, 2.75) is 0 Å². The molecule has 0 fully saturated rings. The standard InChI is InChI=1S/C14H9ClN2O/c15-12-8-11(9-4-2-1-3-5-9)10-6-7-13(18)17-14(10)16-12/h1-8H,(H,16,17,18). The molecule has 3 rings (SSSR count). The number of hydrogen-bond donors (Lipinski definition) is 1. The minimum absolute atomic E-state index is 0.184. The normalized spacial score (nSPS) is 10.7. The van der Waals surface area contributed by atoms with E-state index in [0.717, 1.165) is 16.5 Å². The average Bonchev–Trinajstić information content (AvgIpc) is 2.38. The molecule has 18 heavy (non-hydrogen) atoms. The van der Waals surface area contributed by atoms with Crippen molar-refractivity contribution in [3.05, 3.63) is 64.0 Å². The van der Waals surface area contributed by atoms with Crippen LogP contribution in [0.25, 0.3) is 22.2 Å². The number of H-pyrrole nitrogens is 1. The third-order valence-corrected chi connectivity index (χ3v) is 2.95. The SMILES string of the molecule is O=c1ccc2c(-c3ccccc3)cc(Cl)nc2[nH]1. The van der Waals surface area contributed by atoms with Crippen LogP contribution in [0.4, 0.5) is 0 Å². The number of pyridine rings is 2. The van der Waals surface area contributed by atoms with Crippen LogP contribution < -0.4 is 5.56 Å². The van der Waals surface area contributed by atoms with Crippen LogP contribution in [0.5, 0.6) is 0 Å².